The molecule has 1 heterocycles. The van der Waals surface area contributed by atoms with E-state index in [1.54, 1.807) is 59.5 Å². The van der Waals surface area contributed by atoms with Crippen LogP contribution in [0.4, 0.5) is 0 Å². The molecule has 8 heteroatoms. The minimum absolute atomic E-state index is 0.154. The molecule has 0 unspecified atom stereocenters. The molecule has 2 aromatic rings. The van der Waals surface area contributed by atoms with Gasteiger partial charge in [-0.15, -0.1) is 0 Å². The number of nitrogens with zero attached hydrogens (tertiary/aromatic N) is 2. The van der Waals surface area contributed by atoms with Gasteiger partial charge in [0.05, 0.1) is 9.92 Å². The summed E-state index contributed by atoms with van der Waals surface area (Å²) in [4.78, 5) is 14.8. The van der Waals surface area contributed by atoms with Crippen molar-refractivity contribution in [3.8, 4) is 5.75 Å². The van der Waals surface area contributed by atoms with Gasteiger partial charge in [0.25, 0.3) is 5.91 Å². The van der Waals surface area contributed by atoms with Gasteiger partial charge in [0.15, 0.2) is 6.10 Å². The molecule has 0 radical (unpaired) electrons. The van der Waals surface area contributed by atoms with Gasteiger partial charge in [-0.1, -0.05) is 48.9 Å². The van der Waals surface area contributed by atoms with Crippen molar-refractivity contribution in [2.45, 2.75) is 24.3 Å². The van der Waals surface area contributed by atoms with Crippen LogP contribution in [0.5, 0.6) is 5.75 Å². The maximum absolute atomic E-state index is 12.9. The average Bonchev–Trinajstić information content (AvgIpc) is 2.73. The van der Waals surface area contributed by atoms with Crippen LogP contribution < -0.4 is 4.74 Å². The monoisotopic (exact) mass is 422 g/mol. The molecule has 2 aromatic carbocycles. The van der Waals surface area contributed by atoms with Gasteiger partial charge >= 0.3 is 0 Å². The number of halogens is 1. The smallest absolute Gasteiger partial charge is 0.263 e. The first-order valence-corrected chi connectivity index (χ1v) is 11.0. The molecule has 0 aromatic heterocycles. The fourth-order valence-corrected chi connectivity index (χ4v) is 4.72. The molecule has 0 saturated carbocycles. The second-order valence-corrected chi connectivity index (χ2v) is 8.83. The molecule has 1 aliphatic rings. The van der Waals surface area contributed by atoms with Gasteiger partial charge in [0.1, 0.15) is 5.75 Å². The highest BCUT2D eigenvalue weighted by Crippen LogP contribution is 2.25. The maximum Gasteiger partial charge on any atom is 0.263 e. The van der Waals surface area contributed by atoms with Crippen LogP contribution in [0.15, 0.2) is 59.5 Å². The van der Waals surface area contributed by atoms with E-state index in [2.05, 4.69) is 0 Å². The highest BCUT2D eigenvalue weighted by molar-refractivity contribution is 7.89. The van der Waals surface area contributed by atoms with E-state index in [1.165, 1.54) is 4.31 Å². The summed E-state index contributed by atoms with van der Waals surface area (Å²) in [5.41, 5.74) is 0. The molecule has 1 atom stereocenters. The van der Waals surface area contributed by atoms with E-state index in [0.717, 1.165) is 0 Å². The van der Waals surface area contributed by atoms with E-state index in [4.69, 9.17) is 16.3 Å². The van der Waals surface area contributed by atoms with Gasteiger partial charge in [0, 0.05) is 26.2 Å². The normalized spacial score (nSPS) is 16.6. The Balaban J connectivity index is 1.63. The molecule has 0 N–H and O–H groups in total. The standard InChI is InChI=1S/C20H23ClN2O4S/c1-2-18(27-19-11-7-6-10-17(19)21)20(24)22-12-14-23(15-13-22)28(25,26)16-8-4-3-5-9-16/h3-11,18H,2,12-15H2,1H3/t18-/m0/s1. The lowest BCUT2D eigenvalue weighted by Crippen LogP contribution is -2.53. The number of para-hydroxylation sites is 1. The Morgan fingerprint density at radius 3 is 2.25 bits per heavy atom. The lowest BCUT2D eigenvalue weighted by Gasteiger charge is -2.35. The maximum atomic E-state index is 12.9. The van der Waals surface area contributed by atoms with Crippen LogP contribution in [0, 0.1) is 0 Å². The topological polar surface area (TPSA) is 66.9 Å². The highest BCUT2D eigenvalue weighted by atomic mass is 35.5. The number of hydrogen-bond acceptors (Lipinski definition) is 4. The van der Waals surface area contributed by atoms with Crippen molar-refractivity contribution < 1.29 is 17.9 Å². The number of amides is 1. The van der Waals surface area contributed by atoms with Crippen LogP contribution in [0.25, 0.3) is 0 Å². The van der Waals surface area contributed by atoms with Gasteiger partial charge in [-0.3, -0.25) is 4.79 Å². The Morgan fingerprint density at radius 1 is 1.04 bits per heavy atom. The predicted molar refractivity (Wildman–Crippen MR) is 108 cm³/mol. The molecule has 28 heavy (non-hydrogen) atoms. The Bertz CT molecular complexity index is 913. The van der Waals surface area contributed by atoms with Gasteiger partial charge in [-0.25, -0.2) is 8.42 Å². The van der Waals surface area contributed by atoms with Crippen molar-refractivity contribution >= 4 is 27.5 Å². The fourth-order valence-electron chi connectivity index (χ4n) is 3.10. The van der Waals surface area contributed by atoms with Crippen LogP contribution in [0.2, 0.25) is 5.02 Å². The first-order valence-electron chi connectivity index (χ1n) is 9.18. The van der Waals surface area contributed by atoms with E-state index in [1.807, 2.05) is 6.92 Å². The van der Waals surface area contributed by atoms with Gasteiger partial charge in [0.2, 0.25) is 10.0 Å². The molecular weight excluding hydrogens is 400 g/mol. The van der Waals surface area contributed by atoms with Crippen molar-refractivity contribution in [1.29, 1.82) is 0 Å². The van der Waals surface area contributed by atoms with E-state index in [-0.39, 0.29) is 23.9 Å². The minimum Gasteiger partial charge on any atom is -0.479 e. The van der Waals surface area contributed by atoms with Crippen molar-refractivity contribution in [1.82, 2.24) is 9.21 Å². The van der Waals surface area contributed by atoms with Crippen molar-refractivity contribution in [2.24, 2.45) is 0 Å². The molecule has 1 aliphatic heterocycles. The minimum atomic E-state index is -3.54. The van der Waals surface area contributed by atoms with Crippen LogP contribution >= 0.6 is 11.6 Å². The summed E-state index contributed by atoms with van der Waals surface area (Å²) >= 11 is 6.12. The molecule has 6 nitrogen and oxygen atoms in total. The third-order valence-electron chi connectivity index (χ3n) is 4.68. The Labute approximate surface area is 170 Å². The van der Waals surface area contributed by atoms with Crippen LogP contribution in [-0.2, 0) is 14.8 Å². The number of carbonyl (C=O) groups excluding carboxylic acids is 1. The molecule has 1 saturated heterocycles. The van der Waals surface area contributed by atoms with Gasteiger partial charge in [-0.2, -0.15) is 4.31 Å². The quantitative estimate of drug-likeness (QED) is 0.717. The Kier molecular flexibility index (Phi) is 6.59. The zero-order valence-corrected chi connectivity index (χ0v) is 17.2. The van der Waals surface area contributed by atoms with Gasteiger partial charge < -0.3 is 9.64 Å². The zero-order valence-electron chi connectivity index (χ0n) is 15.6. The SMILES string of the molecule is CC[C@H](Oc1ccccc1Cl)C(=O)N1CCN(S(=O)(=O)c2ccccc2)CC1. The fraction of sp³-hybridized carbons (Fsp3) is 0.350. The largest absolute Gasteiger partial charge is 0.479 e. The van der Waals surface area contributed by atoms with E-state index < -0.39 is 16.1 Å². The Morgan fingerprint density at radius 2 is 1.64 bits per heavy atom. The summed E-state index contributed by atoms with van der Waals surface area (Å²) in [7, 11) is -3.54. The summed E-state index contributed by atoms with van der Waals surface area (Å²) in [6.07, 6.45) is -0.163. The number of ether oxygens (including phenoxy) is 1. The summed E-state index contributed by atoms with van der Waals surface area (Å²) in [5, 5.41) is 0.451. The van der Waals surface area contributed by atoms with Crippen LogP contribution in [0.3, 0.4) is 0 Å². The highest BCUT2D eigenvalue weighted by Gasteiger charge is 2.32. The number of rotatable bonds is 6. The molecule has 0 bridgehead atoms. The predicted octanol–water partition coefficient (Wildman–Crippen LogP) is 3.03. The van der Waals surface area contributed by atoms with Crippen molar-refractivity contribution in [3.63, 3.8) is 0 Å². The third-order valence-corrected chi connectivity index (χ3v) is 6.91. The van der Waals surface area contributed by atoms with Crippen LogP contribution in [-0.4, -0.2) is 55.8 Å². The Hall–Kier alpha value is -2.09. The second-order valence-electron chi connectivity index (χ2n) is 6.49. The summed E-state index contributed by atoms with van der Waals surface area (Å²) in [6.45, 7) is 3.03. The molecule has 0 aliphatic carbocycles. The summed E-state index contributed by atoms with van der Waals surface area (Å²) in [5.74, 6) is 0.314. The molecular formula is C20H23ClN2O4S. The first-order chi connectivity index (χ1) is 13.4. The van der Waals surface area contributed by atoms with Crippen molar-refractivity contribution in [2.75, 3.05) is 26.2 Å². The summed E-state index contributed by atoms with van der Waals surface area (Å²) in [6, 6.07) is 15.4. The molecule has 1 fully saturated rings. The van der Waals surface area contributed by atoms with Crippen LogP contribution in [0.1, 0.15) is 13.3 Å². The van der Waals surface area contributed by atoms with E-state index in [9.17, 15) is 13.2 Å². The number of piperazine rings is 1. The number of sulfonamides is 1. The molecule has 3 rings (SSSR count). The number of carbonyl (C=O) groups is 1. The second kappa shape index (κ2) is 8.94. The lowest BCUT2D eigenvalue weighted by atomic mass is 10.2. The molecule has 150 valence electrons. The third kappa shape index (κ3) is 4.48. The van der Waals surface area contributed by atoms with E-state index >= 15 is 0 Å². The number of benzene rings is 2. The van der Waals surface area contributed by atoms with Gasteiger partial charge in [-0.05, 0) is 30.7 Å². The molecule has 0 spiro atoms. The molecule has 1 amide bonds. The zero-order chi connectivity index (χ0) is 20.1. The average molecular weight is 423 g/mol. The van der Waals surface area contributed by atoms with Crippen molar-refractivity contribution in [3.05, 3.63) is 59.6 Å². The van der Waals surface area contributed by atoms with E-state index in [0.29, 0.717) is 30.3 Å². The summed E-state index contributed by atoms with van der Waals surface area (Å²) < 4.78 is 32.7. The lowest BCUT2D eigenvalue weighted by molar-refractivity contribution is -0.140. The first kappa shape index (κ1) is 20.6. The number of hydrogen-bond donors (Lipinski definition) is 0.